The van der Waals surface area contributed by atoms with Crippen molar-refractivity contribution in [1.29, 1.82) is 0 Å². The van der Waals surface area contributed by atoms with E-state index in [1.807, 2.05) is 0 Å². The molecule has 1 fully saturated rings. The largest absolute Gasteiger partial charge is 0.303 e. The van der Waals surface area contributed by atoms with Crippen LogP contribution in [0.15, 0.2) is 35.0 Å². The molecule has 1 aliphatic rings. The van der Waals surface area contributed by atoms with Gasteiger partial charge in [-0.05, 0) is 79.8 Å². The van der Waals surface area contributed by atoms with Crippen LogP contribution in [0.2, 0.25) is 0 Å². The van der Waals surface area contributed by atoms with Crippen LogP contribution < -0.4 is 0 Å². The van der Waals surface area contributed by atoms with Crippen molar-refractivity contribution in [1.82, 2.24) is 9.80 Å². The van der Waals surface area contributed by atoms with Crippen molar-refractivity contribution in [2.75, 3.05) is 33.2 Å². The van der Waals surface area contributed by atoms with Gasteiger partial charge in [-0.25, -0.2) is 8.78 Å². The SMILES string of the molecule is CN(Cc1ccsc1)CC1CCN(CCc2c(F)cccc2F)CC1. The second-order valence-electron chi connectivity index (χ2n) is 7.06. The van der Waals surface area contributed by atoms with Gasteiger partial charge in [-0.2, -0.15) is 11.3 Å². The summed E-state index contributed by atoms with van der Waals surface area (Å²) in [5.74, 6) is -0.139. The lowest BCUT2D eigenvalue weighted by molar-refractivity contribution is 0.153. The average Bonchev–Trinajstić information content (AvgIpc) is 3.08. The van der Waals surface area contributed by atoms with Crippen LogP contribution in [0.4, 0.5) is 8.78 Å². The van der Waals surface area contributed by atoms with E-state index in [0.717, 1.165) is 45.6 Å². The van der Waals surface area contributed by atoms with Gasteiger partial charge < -0.3 is 9.80 Å². The van der Waals surface area contributed by atoms with Crippen molar-refractivity contribution in [3.8, 4) is 0 Å². The minimum absolute atomic E-state index is 0.222. The van der Waals surface area contributed by atoms with Gasteiger partial charge in [0.1, 0.15) is 11.6 Å². The number of hydrogen-bond donors (Lipinski definition) is 0. The number of thiophene rings is 1. The Bertz CT molecular complexity index is 631. The van der Waals surface area contributed by atoms with E-state index in [4.69, 9.17) is 0 Å². The first kappa shape index (κ1) is 18.5. The van der Waals surface area contributed by atoms with Gasteiger partial charge in [0.2, 0.25) is 0 Å². The molecular formula is C20H26F2N2S. The molecule has 1 aromatic carbocycles. The fourth-order valence-electron chi connectivity index (χ4n) is 3.63. The lowest BCUT2D eigenvalue weighted by Gasteiger charge is -2.34. The monoisotopic (exact) mass is 364 g/mol. The Kier molecular flexibility index (Phi) is 6.57. The Morgan fingerprint density at radius 3 is 2.52 bits per heavy atom. The highest BCUT2D eigenvalue weighted by molar-refractivity contribution is 7.07. The van der Waals surface area contributed by atoms with E-state index in [1.165, 1.54) is 23.8 Å². The molecule has 2 aromatic rings. The molecule has 0 saturated carbocycles. The van der Waals surface area contributed by atoms with Crippen LogP contribution in [0.3, 0.4) is 0 Å². The summed E-state index contributed by atoms with van der Waals surface area (Å²) in [6, 6.07) is 6.29. The van der Waals surface area contributed by atoms with Crippen LogP contribution in [-0.2, 0) is 13.0 Å². The van der Waals surface area contributed by atoms with Gasteiger partial charge in [-0.3, -0.25) is 0 Å². The maximum absolute atomic E-state index is 13.7. The summed E-state index contributed by atoms with van der Waals surface area (Å²) < 4.78 is 27.4. The van der Waals surface area contributed by atoms with E-state index in [2.05, 4.69) is 33.7 Å². The van der Waals surface area contributed by atoms with Crippen molar-refractivity contribution < 1.29 is 8.78 Å². The Labute approximate surface area is 153 Å². The zero-order valence-corrected chi connectivity index (χ0v) is 15.6. The summed E-state index contributed by atoms with van der Waals surface area (Å²) in [6.45, 7) is 4.90. The van der Waals surface area contributed by atoms with Crippen LogP contribution in [0.1, 0.15) is 24.0 Å². The lowest BCUT2D eigenvalue weighted by atomic mass is 9.96. The topological polar surface area (TPSA) is 6.48 Å². The van der Waals surface area contributed by atoms with Crippen molar-refractivity contribution >= 4 is 11.3 Å². The van der Waals surface area contributed by atoms with Crippen molar-refractivity contribution in [2.24, 2.45) is 5.92 Å². The van der Waals surface area contributed by atoms with E-state index < -0.39 is 11.6 Å². The van der Waals surface area contributed by atoms with Gasteiger partial charge in [0.25, 0.3) is 0 Å². The third-order valence-electron chi connectivity index (χ3n) is 5.05. The molecule has 2 nitrogen and oxygen atoms in total. The van der Waals surface area contributed by atoms with Crippen molar-refractivity contribution in [2.45, 2.75) is 25.8 Å². The molecule has 3 rings (SSSR count). The van der Waals surface area contributed by atoms with Crippen LogP contribution in [0.25, 0.3) is 0 Å². The number of rotatable bonds is 7. The molecule has 0 atom stereocenters. The molecule has 0 amide bonds. The zero-order valence-electron chi connectivity index (χ0n) is 14.8. The van der Waals surface area contributed by atoms with Crippen LogP contribution in [-0.4, -0.2) is 43.0 Å². The summed E-state index contributed by atoms with van der Waals surface area (Å²) in [6.07, 6.45) is 2.77. The predicted molar refractivity (Wildman–Crippen MR) is 99.9 cm³/mol. The summed E-state index contributed by atoms with van der Waals surface area (Å²) in [5, 5.41) is 4.33. The highest BCUT2D eigenvalue weighted by Gasteiger charge is 2.21. The molecule has 0 unspecified atom stereocenters. The van der Waals surface area contributed by atoms with Gasteiger partial charge in [0, 0.05) is 25.2 Å². The first-order chi connectivity index (χ1) is 12.1. The van der Waals surface area contributed by atoms with E-state index in [-0.39, 0.29) is 5.56 Å². The molecule has 0 bridgehead atoms. The number of piperidine rings is 1. The first-order valence-corrected chi connectivity index (χ1v) is 9.91. The third-order valence-corrected chi connectivity index (χ3v) is 5.78. The molecule has 0 N–H and O–H groups in total. The molecule has 1 aliphatic heterocycles. The molecule has 0 aliphatic carbocycles. The van der Waals surface area contributed by atoms with E-state index in [1.54, 1.807) is 11.3 Å². The van der Waals surface area contributed by atoms with Gasteiger partial charge in [0.05, 0.1) is 0 Å². The molecule has 1 saturated heterocycles. The fourth-order valence-corrected chi connectivity index (χ4v) is 4.29. The third kappa shape index (κ3) is 5.33. The average molecular weight is 365 g/mol. The normalized spacial score (nSPS) is 16.6. The molecule has 136 valence electrons. The molecule has 0 spiro atoms. The molecule has 5 heteroatoms. The predicted octanol–water partition coefficient (Wildman–Crippen LogP) is 4.41. The fraction of sp³-hybridized carbons (Fsp3) is 0.500. The molecule has 1 aromatic heterocycles. The highest BCUT2D eigenvalue weighted by atomic mass is 32.1. The van der Waals surface area contributed by atoms with E-state index in [9.17, 15) is 8.78 Å². The number of benzene rings is 1. The standard InChI is InChI=1S/C20H26F2N2S/c1-23(14-17-8-12-25-15-17)13-16-5-9-24(10-6-16)11-7-18-19(21)3-2-4-20(18)22/h2-4,8,12,15-16H,5-7,9-11,13-14H2,1H3. The van der Waals surface area contributed by atoms with Gasteiger partial charge >= 0.3 is 0 Å². The minimum atomic E-state index is -0.426. The van der Waals surface area contributed by atoms with Gasteiger partial charge in [0.15, 0.2) is 0 Å². The second-order valence-corrected chi connectivity index (χ2v) is 7.84. The Hall–Kier alpha value is -1.30. The summed E-state index contributed by atoms with van der Waals surface area (Å²) in [4.78, 5) is 4.73. The maximum Gasteiger partial charge on any atom is 0.129 e. The van der Waals surface area contributed by atoms with Crippen LogP contribution >= 0.6 is 11.3 Å². The summed E-state index contributed by atoms with van der Waals surface area (Å²) in [7, 11) is 2.19. The molecule has 2 heterocycles. The molecule has 25 heavy (non-hydrogen) atoms. The van der Waals surface area contributed by atoms with Crippen LogP contribution in [0.5, 0.6) is 0 Å². The van der Waals surface area contributed by atoms with Crippen molar-refractivity contribution in [3.63, 3.8) is 0 Å². The summed E-state index contributed by atoms with van der Waals surface area (Å²) >= 11 is 1.75. The molecular weight excluding hydrogens is 338 g/mol. The highest BCUT2D eigenvalue weighted by Crippen LogP contribution is 2.20. The maximum atomic E-state index is 13.7. The Morgan fingerprint density at radius 2 is 1.88 bits per heavy atom. The number of halogens is 2. The number of likely N-dealkylation sites (tertiary alicyclic amines) is 1. The second kappa shape index (κ2) is 8.88. The quantitative estimate of drug-likeness (QED) is 0.718. The minimum Gasteiger partial charge on any atom is -0.303 e. The Balaban J connectivity index is 1.40. The zero-order chi connectivity index (χ0) is 17.6. The van der Waals surface area contributed by atoms with E-state index in [0.29, 0.717) is 12.3 Å². The van der Waals surface area contributed by atoms with Gasteiger partial charge in [-0.15, -0.1) is 0 Å². The Morgan fingerprint density at radius 1 is 1.16 bits per heavy atom. The number of nitrogens with zero attached hydrogens (tertiary/aromatic N) is 2. The van der Waals surface area contributed by atoms with E-state index >= 15 is 0 Å². The van der Waals surface area contributed by atoms with Gasteiger partial charge in [-0.1, -0.05) is 6.07 Å². The summed E-state index contributed by atoms with van der Waals surface area (Å²) in [5.41, 5.74) is 1.61. The lowest BCUT2D eigenvalue weighted by Crippen LogP contribution is -2.38. The van der Waals surface area contributed by atoms with Crippen molar-refractivity contribution in [3.05, 3.63) is 57.8 Å². The molecule has 0 radical (unpaired) electrons. The smallest absolute Gasteiger partial charge is 0.129 e. The first-order valence-electron chi connectivity index (χ1n) is 8.96. The van der Waals surface area contributed by atoms with Crippen LogP contribution in [0, 0.1) is 17.6 Å². The number of hydrogen-bond acceptors (Lipinski definition) is 3.